The number of amides is 2. The van der Waals surface area contributed by atoms with Gasteiger partial charge in [0.1, 0.15) is 5.69 Å². The van der Waals surface area contributed by atoms with Gasteiger partial charge < -0.3 is 10.1 Å². The van der Waals surface area contributed by atoms with Crippen molar-refractivity contribution in [3.8, 4) is 11.3 Å². The number of carbonyl (C=O) groups excluding carboxylic acids is 2. The predicted molar refractivity (Wildman–Crippen MR) is 134 cm³/mol. The average molecular weight is 539 g/mol. The van der Waals surface area contributed by atoms with Gasteiger partial charge >= 0.3 is 0 Å². The lowest BCUT2D eigenvalue weighted by atomic mass is 9.89. The molecule has 3 N–H and O–H groups in total. The summed E-state index contributed by atoms with van der Waals surface area (Å²) >= 11 is 0. The largest absolute Gasteiger partial charge is 0.381 e. The van der Waals surface area contributed by atoms with Gasteiger partial charge in [-0.15, -0.1) is 12.4 Å². The molecular formula is C24H31ClN4O6S. The molecule has 12 heteroatoms. The van der Waals surface area contributed by atoms with Crippen molar-refractivity contribution in [2.24, 2.45) is 5.92 Å². The van der Waals surface area contributed by atoms with Gasteiger partial charge in [0.2, 0.25) is 0 Å². The first kappa shape index (κ1) is 28.0. The van der Waals surface area contributed by atoms with Crippen LogP contribution in [0, 0.1) is 5.92 Å². The summed E-state index contributed by atoms with van der Waals surface area (Å²) in [6, 6.07) is 5.95. The molecule has 0 bridgehead atoms. The summed E-state index contributed by atoms with van der Waals surface area (Å²) in [5, 5.41) is 12.1. The third kappa shape index (κ3) is 5.69. The maximum atomic E-state index is 13.4. The highest BCUT2D eigenvalue weighted by atomic mass is 35.5. The summed E-state index contributed by atoms with van der Waals surface area (Å²) in [7, 11) is -4.11. The molecule has 1 aliphatic carbocycles. The fourth-order valence-electron chi connectivity index (χ4n) is 4.76. The van der Waals surface area contributed by atoms with Crippen molar-refractivity contribution >= 4 is 34.1 Å². The minimum absolute atomic E-state index is 0. The second-order valence-corrected chi connectivity index (χ2v) is 11.3. The fraction of sp³-hybridized carbons (Fsp3) is 0.500. The van der Waals surface area contributed by atoms with Crippen LogP contribution in [0.25, 0.3) is 11.3 Å². The van der Waals surface area contributed by atoms with Gasteiger partial charge in [-0.25, -0.2) is 18.9 Å². The van der Waals surface area contributed by atoms with Crippen molar-refractivity contribution in [3.63, 3.8) is 0 Å². The van der Waals surface area contributed by atoms with Crippen LogP contribution in [0.2, 0.25) is 0 Å². The number of nitrogens with one attached hydrogen (secondary N) is 2. The first-order valence-electron chi connectivity index (χ1n) is 11.8. The quantitative estimate of drug-likeness (QED) is 0.360. The molecule has 2 aromatic rings. The third-order valence-electron chi connectivity index (χ3n) is 6.95. The highest BCUT2D eigenvalue weighted by molar-refractivity contribution is 7.93. The molecule has 36 heavy (non-hydrogen) atoms. The van der Waals surface area contributed by atoms with Gasteiger partial charge in [-0.2, -0.15) is 0 Å². The van der Waals surface area contributed by atoms with Crippen LogP contribution in [0.5, 0.6) is 0 Å². The van der Waals surface area contributed by atoms with Crippen LogP contribution < -0.4 is 10.8 Å². The molecule has 2 amide bonds. The van der Waals surface area contributed by atoms with E-state index >= 15 is 0 Å². The lowest BCUT2D eigenvalue weighted by molar-refractivity contribution is -0.134. The van der Waals surface area contributed by atoms with Crippen LogP contribution in [0.1, 0.15) is 55.4 Å². The van der Waals surface area contributed by atoms with Crippen molar-refractivity contribution in [3.05, 3.63) is 42.4 Å². The van der Waals surface area contributed by atoms with E-state index in [1.807, 2.05) is 0 Å². The minimum Gasteiger partial charge on any atom is -0.381 e. The third-order valence-corrected chi connectivity index (χ3v) is 9.47. The lowest BCUT2D eigenvalue weighted by Gasteiger charge is -2.34. The van der Waals surface area contributed by atoms with Crippen LogP contribution >= 0.6 is 12.4 Å². The first-order valence-corrected chi connectivity index (χ1v) is 13.3. The van der Waals surface area contributed by atoms with Crippen LogP contribution in [0.15, 0.2) is 41.6 Å². The van der Waals surface area contributed by atoms with Gasteiger partial charge in [-0.1, -0.05) is 31.4 Å². The number of aromatic nitrogens is 2. The Hall–Kier alpha value is -2.60. The zero-order chi connectivity index (χ0) is 24.9. The molecule has 0 atom stereocenters. The van der Waals surface area contributed by atoms with Crippen LogP contribution in [0.3, 0.4) is 0 Å². The van der Waals surface area contributed by atoms with E-state index in [0.717, 1.165) is 12.8 Å². The number of hydrogen-bond donors (Lipinski definition) is 3. The molecule has 196 valence electrons. The van der Waals surface area contributed by atoms with Crippen molar-refractivity contribution in [1.29, 1.82) is 0 Å². The van der Waals surface area contributed by atoms with E-state index in [4.69, 9.17) is 9.94 Å². The number of ether oxygens (including phenoxy) is 1. The molecular weight excluding hydrogens is 508 g/mol. The summed E-state index contributed by atoms with van der Waals surface area (Å²) < 4.78 is 30.1. The van der Waals surface area contributed by atoms with Crippen molar-refractivity contribution in [1.82, 2.24) is 20.8 Å². The Morgan fingerprint density at radius 3 is 2.28 bits per heavy atom. The SMILES string of the molecule is Cl.O=C(NCC1CCCCC1)c1cnc(-c2ccc(S(=O)(=O)C3(C(=O)NO)CCOCC3)cc2)cn1. The van der Waals surface area contributed by atoms with Crippen LogP contribution in [-0.4, -0.2) is 59.9 Å². The number of hydroxylamine groups is 1. The summed E-state index contributed by atoms with van der Waals surface area (Å²) in [6.07, 6.45) is 8.71. The molecule has 1 saturated heterocycles. The predicted octanol–water partition coefficient (Wildman–Crippen LogP) is 2.70. The van der Waals surface area contributed by atoms with Crippen LogP contribution in [0.4, 0.5) is 0 Å². The molecule has 2 heterocycles. The average Bonchev–Trinajstić information content (AvgIpc) is 2.92. The number of halogens is 1. The lowest BCUT2D eigenvalue weighted by Crippen LogP contribution is -2.54. The zero-order valence-corrected chi connectivity index (χ0v) is 21.4. The number of hydrogen-bond acceptors (Lipinski definition) is 8. The molecule has 1 saturated carbocycles. The Morgan fingerprint density at radius 1 is 1.03 bits per heavy atom. The molecule has 4 rings (SSSR count). The Kier molecular flexibility index (Phi) is 9.40. The molecule has 2 fully saturated rings. The molecule has 0 spiro atoms. The highest BCUT2D eigenvalue weighted by Gasteiger charge is 2.52. The Labute approximate surface area is 216 Å². The zero-order valence-electron chi connectivity index (χ0n) is 19.8. The van der Waals surface area contributed by atoms with Gasteiger partial charge in [0.05, 0.1) is 23.0 Å². The number of benzene rings is 1. The molecule has 1 aliphatic heterocycles. The second-order valence-electron chi connectivity index (χ2n) is 9.08. The van der Waals surface area contributed by atoms with Gasteiger partial charge in [-0.05, 0) is 43.7 Å². The van der Waals surface area contributed by atoms with E-state index < -0.39 is 20.5 Å². The van der Waals surface area contributed by atoms with Gasteiger partial charge in [0.15, 0.2) is 14.6 Å². The maximum Gasteiger partial charge on any atom is 0.271 e. The van der Waals surface area contributed by atoms with Crippen molar-refractivity contribution in [2.45, 2.75) is 54.6 Å². The number of nitrogens with zero attached hydrogens (tertiary/aromatic N) is 2. The normalized spacial score (nSPS) is 18.0. The highest BCUT2D eigenvalue weighted by Crippen LogP contribution is 2.36. The van der Waals surface area contributed by atoms with E-state index in [9.17, 15) is 18.0 Å². The number of rotatable bonds is 7. The topological polar surface area (TPSA) is 148 Å². The van der Waals surface area contributed by atoms with Gasteiger partial charge in [0.25, 0.3) is 11.8 Å². The summed E-state index contributed by atoms with van der Waals surface area (Å²) in [5.74, 6) is -0.716. The van der Waals surface area contributed by atoms with E-state index in [2.05, 4.69) is 15.3 Å². The molecule has 1 aromatic carbocycles. The number of carbonyl (C=O) groups is 2. The summed E-state index contributed by atoms with van der Waals surface area (Å²) in [5.41, 5.74) is 2.82. The molecule has 1 aromatic heterocycles. The molecule has 0 radical (unpaired) electrons. The molecule has 0 unspecified atom stereocenters. The summed E-state index contributed by atoms with van der Waals surface area (Å²) in [6.45, 7) is 0.835. The summed E-state index contributed by atoms with van der Waals surface area (Å²) in [4.78, 5) is 33.3. The fourth-order valence-corrected chi connectivity index (χ4v) is 6.70. The smallest absolute Gasteiger partial charge is 0.271 e. The van der Waals surface area contributed by atoms with E-state index in [-0.39, 0.29) is 55.0 Å². The van der Waals surface area contributed by atoms with E-state index in [0.29, 0.717) is 23.7 Å². The van der Waals surface area contributed by atoms with E-state index in [1.54, 1.807) is 12.1 Å². The Morgan fingerprint density at radius 2 is 1.69 bits per heavy atom. The molecule has 2 aliphatic rings. The number of sulfone groups is 1. The second kappa shape index (κ2) is 12.1. The Balaban J connectivity index is 0.00000361. The first-order chi connectivity index (χ1) is 16.9. The monoisotopic (exact) mass is 538 g/mol. The standard InChI is InChI=1S/C24H30N4O6S.ClH/c29-22(27-14-17-4-2-1-3-5-17)21-16-25-20(15-26-21)18-6-8-19(9-7-18)35(32,33)24(23(30)28-31)10-12-34-13-11-24;/h6-9,15-17,31H,1-5,10-14H2,(H,27,29)(H,28,30);1H. The van der Waals surface area contributed by atoms with Gasteiger partial charge in [-0.3, -0.25) is 19.8 Å². The maximum absolute atomic E-state index is 13.4. The minimum atomic E-state index is -4.11. The van der Waals surface area contributed by atoms with Crippen molar-refractivity contribution < 1.29 is 28.0 Å². The van der Waals surface area contributed by atoms with Crippen LogP contribution in [-0.2, 0) is 19.4 Å². The Bertz CT molecular complexity index is 1150. The van der Waals surface area contributed by atoms with Gasteiger partial charge in [0, 0.05) is 25.3 Å². The van der Waals surface area contributed by atoms with Crippen molar-refractivity contribution in [2.75, 3.05) is 19.8 Å². The molecule has 10 nitrogen and oxygen atoms in total. The van der Waals surface area contributed by atoms with E-state index in [1.165, 1.54) is 49.3 Å².